The number of thiazole rings is 1. The predicted octanol–water partition coefficient (Wildman–Crippen LogP) is 1.50. The Morgan fingerprint density at radius 2 is 2.40 bits per heavy atom. The summed E-state index contributed by atoms with van der Waals surface area (Å²) in [6.07, 6.45) is 2.07. The van der Waals surface area contributed by atoms with Crippen LogP contribution in [0.3, 0.4) is 0 Å². The van der Waals surface area contributed by atoms with Crippen LogP contribution in [0.5, 0.6) is 0 Å². The molecule has 1 aliphatic rings. The number of nitrogens with zero attached hydrogens (tertiary/aromatic N) is 2. The minimum absolute atomic E-state index is 0.0466. The van der Waals surface area contributed by atoms with Crippen molar-refractivity contribution >= 4 is 34.9 Å². The van der Waals surface area contributed by atoms with Crippen LogP contribution in [0.25, 0.3) is 0 Å². The monoisotopic (exact) mass is 313 g/mol. The predicted molar refractivity (Wildman–Crippen MR) is 81.7 cm³/mol. The molecule has 2 amide bonds. The Hall–Kier alpha value is -1.08. The van der Waals surface area contributed by atoms with E-state index in [1.807, 2.05) is 12.3 Å². The molecule has 1 aliphatic heterocycles. The topological polar surface area (TPSA) is 62.3 Å². The number of amides is 2. The molecular weight excluding hydrogens is 294 g/mol. The highest BCUT2D eigenvalue weighted by atomic mass is 32.2. The number of nitrogens with one attached hydrogen (secondary N) is 1. The van der Waals surface area contributed by atoms with Crippen LogP contribution in [0.1, 0.15) is 25.5 Å². The largest absolute Gasteiger partial charge is 0.354 e. The zero-order valence-electron chi connectivity index (χ0n) is 11.5. The molecule has 1 aromatic heterocycles. The van der Waals surface area contributed by atoms with Crippen LogP contribution in [0, 0.1) is 0 Å². The van der Waals surface area contributed by atoms with E-state index < -0.39 is 0 Å². The van der Waals surface area contributed by atoms with Gasteiger partial charge >= 0.3 is 0 Å². The van der Waals surface area contributed by atoms with Crippen molar-refractivity contribution in [1.82, 2.24) is 15.2 Å². The molecule has 1 fully saturated rings. The number of hydrogen-bond acceptors (Lipinski definition) is 5. The number of carbonyl (C=O) groups excluding carboxylic acids is 2. The maximum Gasteiger partial charge on any atom is 0.243 e. The molecular formula is C13H19N3O2S2. The van der Waals surface area contributed by atoms with E-state index in [4.69, 9.17) is 0 Å². The molecule has 7 heteroatoms. The summed E-state index contributed by atoms with van der Waals surface area (Å²) in [6, 6.07) is -0.311. The van der Waals surface area contributed by atoms with Crippen LogP contribution in [-0.4, -0.2) is 45.9 Å². The highest BCUT2D eigenvalue weighted by Crippen LogP contribution is 2.22. The van der Waals surface area contributed by atoms with Gasteiger partial charge in [0, 0.05) is 30.5 Å². The van der Waals surface area contributed by atoms with Crippen LogP contribution in [0.15, 0.2) is 10.9 Å². The molecule has 0 aromatic carbocycles. The van der Waals surface area contributed by atoms with E-state index in [0.29, 0.717) is 24.6 Å². The number of rotatable bonds is 6. The van der Waals surface area contributed by atoms with Crippen molar-refractivity contribution in [3.05, 3.63) is 16.6 Å². The van der Waals surface area contributed by atoms with Gasteiger partial charge in [0.15, 0.2) is 0 Å². The van der Waals surface area contributed by atoms with Gasteiger partial charge in [0.05, 0.1) is 17.1 Å². The lowest BCUT2D eigenvalue weighted by molar-refractivity contribution is -0.138. The highest BCUT2D eigenvalue weighted by Gasteiger charge is 2.33. The number of thioether (sulfide) groups is 1. The molecule has 110 valence electrons. The van der Waals surface area contributed by atoms with E-state index in [1.165, 1.54) is 0 Å². The van der Waals surface area contributed by atoms with Gasteiger partial charge in [0.2, 0.25) is 11.8 Å². The molecule has 20 heavy (non-hydrogen) atoms. The third kappa shape index (κ3) is 3.96. The van der Waals surface area contributed by atoms with Gasteiger partial charge in [0.25, 0.3) is 0 Å². The molecule has 0 bridgehead atoms. The summed E-state index contributed by atoms with van der Waals surface area (Å²) in [5, 5.41) is 4.89. The van der Waals surface area contributed by atoms with Gasteiger partial charge in [-0.05, 0) is 6.42 Å². The standard InChI is InChI=1S/C13H19N3O2S2/c1-2-3-12(17)16-9-20-7-11(16)13(18)14-5-4-10-6-19-8-15-10/h6,8,11H,2-5,7,9H2,1H3,(H,14,18)/t11-/m1/s1. The molecule has 0 unspecified atom stereocenters. The second-order valence-corrected chi connectivity index (χ2v) is 6.37. The van der Waals surface area contributed by atoms with E-state index in [1.54, 1.807) is 33.5 Å². The quantitative estimate of drug-likeness (QED) is 0.864. The Kier molecular flexibility index (Phi) is 5.85. The Labute approximate surface area is 127 Å². The van der Waals surface area contributed by atoms with E-state index in [0.717, 1.165) is 18.5 Å². The molecule has 1 atom stereocenters. The van der Waals surface area contributed by atoms with Crippen molar-refractivity contribution in [2.24, 2.45) is 0 Å². The Bertz CT molecular complexity index is 450. The summed E-state index contributed by atoms with van der Waals surface area (Å²) in [4.78, 5) is 30.0. The summed E-state index contributed by atoms with van der Waals surface area (Å²) in [6.45, 7) is 2.55. The van der Waals surface area contributed by atoms with Crippen LogP contribution in [0.4, 0.5) is 0 Å². The van der Waals surface area contributed by atoms with Gasteiger partial charge in [0.1, 0.15) is 6.04 Å². The lowest BCUT2D eigenvalue weighted by Gasteiger charge is -2.22. The van der Waals surface area contributed by atoms with Gasteiger partial charge in [-0.1, -0.05) is 6.92 Å². The minimum Gasteiger partial charge on any atom is -0.354 e. The summed E-state index contributed by atoms with van der Waals surface area (Å²) in [7, 11) is 0. The number of hydrogen-bond donors (Lipinski definition) is 1. The number of aromatic nitrogens is 1. The van der Waals surface area contributed by atoms with Crippen molar-refractivity contribution in [3.8, 4) is 0 Å². The first-order chi connectivity index (χ1) is 9.72. The summed E-state index contributed by atoms with van der Waals surface area (Å²) in [5.74, 6) is 1.35. The van der Waals surface area contributed by atoms with Crippen molar-refractivity contribution in [2.45, 2.75) is 32.2 Å². The van der Waals surface area contributed by atoms with Gasteiger partial charge < -0.3 is 10.2 Å². The van der Waals surface area contributed by atoms with Crippen LogP contribution >= 0.6 is 23.1 Å². The molecule has 1 N–H and O–H groups in total. The second kappa shape index (κ2) is 7.64. The van der Waals surface area contributed by atoms with E-state index >= 15 is 0 Å². The van der Waals surface area contributed by atoms with E-state index in [2.05, 4.69) is 10.3 Å². The Morgan fingerprint density at radius 1 is 1.55 bits per heavy atom. The second-order valence-electron chi connectivity index (χ2n) is 4.65. The van der Waals surface area contributed by atoms with E-state index in [9.17, 15) is 9.59 Å². The van der Waals surface area contributed by atoms with Gasteiger partial charge in [-0.3, -0.25) is 9.59 Å². The van der Waals surface area contributed by atoms with Crippen molar-refractivity contribution in [1.29, 1.82) is 0 Å². The normalized spacial score (nSPS) is 18.2. The zero-order valence-corrected chi connectivity index (χ0v) is 13.1. The summed E-state index contributed by atoms with van der Waals surface area (Å²) >= 11 is 3.19. The van der Waals surface area contributed by atoms with Gasteiger partial charge in [-0.25, -0.2) is 4.98 Å². The summed E-state index contributed by atoms with van der Waals surface area (Å²) in [5.41, 5.74) is 2.78. The molecule has 1 aromatic rings. The van der Waals surface area contributed by atoms with Crippen LogP contribution < -0.4 is 5.32 Å². The average molecular weight is 313 g/mol. The molecule has 5 nitrogen and oxygen atoms in total. The molecule has 0 aliphatic carbocycles. The fourth-order valence-corrected chi connectivity index (χ4v) is 3.83. The smallest absolute Gasteiger partial charge is 0.243 e. The van der Waals surface area contributed by atoms with Crippen molar-refractivity contribution < 1.29 is 9.59 Å². The lowest BCUT2D eigenvalue weighted by Crippen LogP contribution is -2.47. The molecule has 0 spiro atoms. The fraction of sp³-hybridized carbons (Fsp3) is 0.615. The maximum atomic E-state index is 12.2. The first kappa shape index (κ1) is 15.3. The first-order valence-corrected chi connectivity index (χ1v) is 8.84. The third-order valence-corrected chi connectivity index (χ3v) is 4.78. The maximum absolute atomic E-state index is 12.2. The van der Waals surface area contributed by atoms with Crippen LogP contribution in [0.2, 0.25) is 0 Å². The molecule has 0 radical (unpaired) electrons. The molecule has 2 heterocycles. The lowest BCUT2D eigenvalue weighted by atomic mass is 10.2. The summed E-state index contributed by atoms with van der Waals surface area (Å²) < 4.78 is 0. The Balaban J connectivity index is 1.80. The fourth-order valence-electron chi connectivity index (χ4n) is 2.06. The zero-order chi connectivity index (χ0) is 14.4. The molecule has 1 saturated heterocycles. The van der Waals surface area contributed by atoms with Crippen molar-refractivity contribution in [2.75, 3.05) is 18.2 Å². The molecule has 2 rings (SSSR count). The van der Waals surface area contributed by atoms with Crippen molar-refractivity contribution in [3.63, 3.8) is 0 Å². The Morgan fingerprint density at radius 3 is 3.10 bits per heavy atom. The SMILES string of the molecule is CCCC(=O)N1CSC[C@@H]1C(=O)NCCc1cscn1. The third-order valence-electron chi connectivity index (χ3n) is 3.13. The van der Waals surface area contributed by atoms with E-state index in [-0.39, 0.29) is 17.9 Å². The number of carbonyl (C=O) groups is 2. The highest BCUT2D eigenvalue weighted by molar-refractivity contribution is 7.99. The molecule has 0 saturated carbocycles. The van der Waals surface area contributed by atoms with Crippen LogP contribution in [-0.2, 0) is 16.0 Å². The minimum atomic E-state index is -0.311. The average Bonchev–Trinajstić information content (AvgIpc) is 3.10. The van der Waals surface area contributed by atoms with Gasteiger partial charge in [-0.2, -0.15) is 0 Å². The first-order valence-electron chi connectivity index (χ1n) is 6.74. The van der Waals surface area contributed by atoms with Gasteiger partial charge in [-0.15, -0.1) is 23.1 Å².